The maximum absolute atomic E-state index is 11.7. The van der Waals surface area contributed by atoms with E-state index < -0.39 is 11.9 Å². The molecule has 0 spiro atoms. The summed E-state index contributed by atoms with van der Waals surface area (Å²) in [5.41, 5.74) is 1.35. The first-order valence-electron chi connectivity index (χ1n) is 7.40. The Morgan fingerprint density at radius 2 is 1.58 bits per heavy atom. The average Bonchev–Trinajstić information content (AvgIpc) is 3.08. The van der Waals surface area contributed by atoms with Crippen molar-refractivity contribution < 1.29 is 19.1 Å². The van der Waals surface area contributed by atoms with E-state index in [1.54, 1.807) is 42.6 Å². The molecule has 132 valence electrons. The predicted octanol–water partition coefficient (Wildman–Crippen LogP) is 2.67. The lowest BCUT2D eigenvalue weighted by molar-refractivity contribution is 0.0585. The summed E-state index contributed by atoms with van der Waals surface area (Å²) in [6, 6.07) is 9.91. The third-order valence-electron chi connectivity index (χ3n) is 3.42. The zero-order valence-electron chi connectivity index (χ0n) is 13.8. The molecule has 0 saturated heterocycles. The number of nitrogens with zero attached hydrogens (tertiary/aromatic N) is 4. The summed E-state index contributed by atoms with van der Waals surface area (Å²) in [4.78, 5) is 31.8. The predicted molar refractivity (Wildman–Crippen MR) is 95.0 cm³/mol. The molecule has 3 aromatic rings. The third-order valence-corrected chi connectivity index (χ3v) is 4.00. The van der Waals surface area contributed by atoms with Crippen molar-refractivity contribution in [2.45, 2.75) is 0 Å². The molecule has 3 heterocycles. The Bertz CT molecular complexity index is 986. The van der Waals surface area contributed by atoms with Crippen LogP contribution in [0.4, 0.5) is 0 Å². The molecule has 0 atom stereocenters. The molecule has 0 radical (unpaired) electrons. The van der Waals surface area contributed by atoms with E-state index >= 15 is 0 Å². The van der Waals surface area contributed by atoms with Gasteiger partial charge in [0.2, 0.25) is 0 Å². The van der Waals surface area contributed by atoms with E-state index in [9.17, 15) is 9.59 Å². The maximum atomic E-state index is 11.7. The number of carbonyl (C=O) groups excluding carboxylic acids is 2. The lowest BCUT2D eigenvalue weighted by atomic mass is 10.2. The zero-order valence-corrected chi connectivity index (χ0v) is 15.4. The molecule has 8 nitrogen and oxygen atoms in total. The van der Waals surface area contributed by atoms with Crippen LogP contribution in [-0.2, 0) is 9.47 Å². The van der Waals surface area contributed by atoms with Gasteiger partial charge in [0.15, 0.2) is 11.5 Å². The van der Waals surface area contributed by atoms with Gasteiger partial charge in [0.05, 0.1) is 24.4 Å². The van der Waals surface area contributed by atoms with Crippen LogP contribution < -0.4 is 0 Å². The van der Waals surface area contributed by atoms with E-state index in [0.29, 0.717) is 21.7 Å². The summed E-state index contributed by atoms with van der Waals surface area (Å²) in [6.07, 6.45) is 1.69. The largest absolute Gasteiger partial charge is 0.464 e. The third kappa shape index (κ3) is 3.47. The first-order valence-corrected chi connectivity index (χ1v) is 8.19. The Hall–Kier alpha value is -3.07. The van der Waals surface area contributed by atoms with Gasteiger partial charge in [-0.2, -0.15) is 5.10 Å². The van der Waals surface area contributed by atoms with Crippen molar-refractivity contribution in [3.8, 4) is 17.2 Å². The molecule has 0 unspecified atom stereocenters. The summed E-state index contributed by atoms with van der Waals surface area (Å²) in [5, 5.41) is 4.44. The SMILES string of the molecule is COC(=O)c1cccc(-c2nn(-c3cccc(C(=O)OC)n3)cc2Br)n1. The number of esters is 2. The zero-order chi connectivity index (χ0) is 18.7. The highest BCUT2D eigenvalue weighted by Gasteiger charge is 2.16. The number of hydrogen-bond acceptors (Lipinski definition) is 7. The topological polar surface area (TPSA) is 96.2 Å². The number of methoxy groups -OCH3 is 2. The molecule has 0 saturated carbocycles. The Morgan fingerprint density at radius 1 is 0.962 bits per heavy atom. The molecule has 3 rings (SSSR count). The number of rotatable bonds is 4. The van der Waals surface area contributed by atoms with Gasteiger partial charge in [-0.1, -0.05) is 12.1 Å². The minimum absolute atomic E-state index is 0.170. The van der Waals surface area contributed by atoms with E-state index in [4.69, 9.17) is 0 Å². The number of pyridine rings is 2. The van der Waals surface area contributed by atoms with E-state index in [1.165, 1.54) is 18.9 Å². The Kier molecular flexibility index (Phi) is 5.08. The number of halogens is 1. The number of aromatic nitrogens is 4. The van der Waals surface area contributed by atoms with Crippen LogP contribution in [-0.4, -0.2) is 45.9 Å². The van der Waals surface area contributed by atoms with Crippen LogP contribution in [0.1, 0.15) is 21.0 Å². The van der Waals surface area contributed by atoms with Gasteiger partial charge in [0.25, 0.3) is 0 Å². The van der Waals surface area contributed by atoms with Crippen LogP contribution >= 0.6 is 15.9 Å². The van der Waals surface area contributed by atoms with Crippen molar-refractivity contribution in [1.29, 1.82) is 0 Å². The molecular formula is C17H13BrN4O4. The van der Waals surface area contributed by atoms with Gasteiger partial charge in [0, 0.05) is 6.20 Å². The fourth-order valence-corrected chi connectivity index (χ4v) is 2.67. The second kappa shape index (κ2) is 7.44. The molecule has 26 heavy (non-hydrogen) atoms. The van der Waals surface area contributed by atoms with Crippen molar-refractivity contribution in [1.82, 2.24) is 19.7 Å². The first kappa shape index (κ1) is 17.7. The highest BCUT2D eigenvalue weighted by atomic mass is 79.9. The van der Waals surface area contributed by atoms with Gasteiger partial charge >= 0.3 is 11.9 Å². The molecule has 0 amide bonds. The maximum Gasteiger partial charge on any atom is 0.356 e. The van der Waals surface area contributed by atoms with Crippen LogP contribution in [0.3, 0.4) is 0 Å². The summed E-state index contributed by atoms with van der Waals surface area (Å²) >= 11 is 3.43. The second-order valence-electron chi connectivity index (χ2n) is 5.04. The Labute approximate surface area is 156 Å². The average molecular weight is 417 g/mol. The van der Waals surface area contributed by atoms with Gasteiger partial charge in [-0.25, -0.2) is 24.2 Å². The van der Waals surface area contributed by atoms with Crippen molar-refractivity contribution in [2.75, 3.05) is 14.2 Å². The van der Waals surface area contributed by atoms with Crippen LogP contribution in [0.25, 0.3) is 17.2 Å². The van der Waals surface area contributed by atoms with Crippen LogP contribution in [0.15, 0.2) is 47.1 Å². The fraction of sp³-hybridized carbons (Fsp3) is 0.118. The highest BCUT2D eigenvalue weighted by molar-refractivity contribution is 9.10. The minimum Gasteiger partial charge on any atom is -0.464 e. The van der Waals surface area contributed by atoms with Gasteiger partial charge in [-0.3, -0.25) is 0 Å². The summed E-state index contributed by atoms with van der Waals surface area (Å²) in [7, 11) is 2.58. The molecular weight excluding hydrogens is 404 g/mol. The van der Waals surface area contributed by atoms with Crippen molar-refractivity contribution in [3.63, 3.8) is 0 Å². The molecule has 0 aromatic carbocycles. The lowest BCUT2D eigenvalue weighted by Gasteiger charge is -2.03. The standard InChI is InChI=1S/C17H13BrN4O4/c1-25-16(23)12-6-3-5-11(19-12)15-10(18)9-22(21-15)14-8-4-7-13(20-14)17(24)26-2/h3-9H,1-2H3. The second-order valence-corrected chi connectivity index (χ2v) is 5.90. The Morgan fingerprint density at radius 3 is 2.23 bits per heavy atom. The molecule has 0 fully saturated rings. The molecule has 3 aromatic heterocycles. The summed E-state index contributed by atoms with van der Waals surface area (Å²) in [5.74, 6) is -0.635. The van der Waals surface area contributed by atoms with Gasteiger partial charge < -0.3 is 9.47 Å². The lowest BCUT2D eigenvalue weighted by Crippen LogP contribution is -2.07. The van der Waals surface area contributed by atoms with Crippen LogP contribution in [0.2, 0.25) is 0 Å². The van der Waals surface area contributed by atoms with Gasteiger partial charge in [0.1, 0.15) is 11.4 Å². The summed E-state index contributed by atoms with van der Waals surface area (Å²) in [6.45, 7) is 0. The van der Waals surface area contributed by atoms with Crippen molar-refractivity contribution in [2.24, 2.45) is 0 Å². The molecule has 0 bridgehead atoms. The summed E-state index contributed by atoms with van der Waals surface area (Å²) < 4.78 is 11.5. The molecule has 9 heteroatoms. The number of carbonyl (C=O) groups is 2. The number of ether oxygens (including phenoxy) is 2. The van der Waals surface area contributed by atoms with Crippen LogP contribution in [0.5, 0.6) is 0 Å². The first-order chi connectivity index (χ1) is 12.5. The van der Waals surface area contributed by atoms with Gasteiger partial charge in [-0.15, -0.1) is 0 Å². The van der Waals surface area contributed by atoms with Crippen molar-refractivity contribution in [3.05, 3.63) is 58.5 Å². The number of hydrogen-bond donors (Lipinski definition) is 0. The van der Waals surface area contributed by atoms with Gasteiger partial charge in [-0.05, 0) is 40.2 Å². The molecule has 0 aliphatic rings. The Balaban J connectivity index is 2.00. The van der Waals surface area contributed by atoms with E-state index in [0.717, 1.165) is 0 Å². The smallest absolute Gasteiger partial charge is 0.356 e. The van der Waals surface area contributed by atoms with E-state index in [-0.39, 0.29) is 11.4 Å². The normalized spacial score (nSPS) is 10.4. The highest BCUT2D eigenvalue weighted by Crippen LogP contribution is 2.26. The van der Waals surface area contributed by atoms with E-state index in [2.05, 4.69) is 40.5 Å². The molecule has 0 aliphatic carbocycles. The quantitative estimate of drug-likeness (QED) is 0.603. The van der Waals surface area contributed by atoms with Crippen molar-refractivity contribution >= 4 is 27.9 Å². The monoisotopic (exact) mass is 416 g/mol. The fourth-order valence-electron chi connectivity index (χ4n) is 2.20. The minimum atomic E-state index is -0.536. The van der Waals surface area contributed by atoms with E-state index in [1.807, 2.05) is 0 Å². The molecule has 0 N–H and O–H groups in total. The van der Waals surface area contributed by atoms with Crippen LogP contribution in [0, 0.1) is 0 Å². The molecule has 0 aliphatic heterocycles.